The summed E-state index contributed by atoms with van der Waals surface area (Å²) in [6.45, 7) is 4.92. The van der Waals surface area contributed by atoms with Crippen molar-refractivity contribution in [3.63, 3.8) is 0 Å². The molecule has 5 atom stereocenters. The Morgan fingerprint density at radius 2 is 1.43 bits per heavy atom. The van der Waals surface area contributed by atoms with Crippen LogP contribution in [0, 0.1) is 17.8 Å². The van der Waals surface area contributed by atoms with Crippen LogP contribution in [0.2, 0.25) is 0 Å². The van der Waals surface area contributed by atoms with Gasteiger partial charge in [-0.05, 0) is 35.1 Å². The molecule has 4 rings (SSSR count). The number of nitrogens with two attached hydrogens (primary N) is 1. The summed E-state index contributed by atoms with van der Waals surface area (Å²) >= 11 is 0. The van der Waals surface area contributed by atoms with Crippen LogP contribution in [0.4, 0.5) is 13.2 Å². The Morgan fingerprint density at radius 3 is 2.06 bits per heavy atom. The van der Waals surface area contributed by atoms with E-state index in [1.165, 1.54) is 6.92 Å². The highest BCUT2D eigenvalue weighted by molar-refractivity contribution is 6.00. The molecule has 0 aliphatic carbocycles. The topological polar surface area (TPSA) is 171 Å². The number of aromatic amines is 1. The smallest absolute Gasteiger partial charge is 0.382 e. The first-order chi connectivity index (χ1) is 25.0. The summed E-state index contributed by atoms with van der Waals surface area (Å²) in [4.78, 5) is 68.6. The van der Waals surface area contributed by atoms with Gasteiger partial charge in [0.25, 0.3) is 0 Å². The van der Waals surface area contributed by atoms with Crippen LogP contribution in [0.1, 0.15) is 62.4 Å². The van der Waals surface area contributed by atoms with Crippen LogP contribution >= 0.6 is 0 Å². The van der Waals surface area contributed by atoms with E-state index < -0.39 is 79.0 Å². The van der Waals surface area contributed by atoms with E-state index in [9.17, 15) is 42.3 Å². The van der Waals surface area contributed by atoms with E-state index in [4.69, 9.17) is 5.73 Å². The molecule has 2 unspecified atom stereocenters. The fourth-order valence-corrected chi connectivity index (χ4v) is 6.17. The number of amides is 3. The maximum atomic E-state index is 13.9. The third-order valence-corrected chi connectivity index (χ3v) is 9.37. The highest BCUT2D eigenvalue weighted by Crippen LogP contribution is 2.26. The second-order valence-electron chi connectivity index (χ2n) is 13.7. The van der Waals surface area contributed by atoms with Crippen molar-refractivity contribution in [3.8, 4) is 11.1 Å². The molecule has 0 saturated carbocycles. The monoisotopic (exact) mass is 734 g/mol. The summed E-state index contributed by atoms with van der Waals surface area (Å²) < 4.78 is 40.0. The minimum absolute atomic E-state index is 0.0245. The Balaban J connectivity index is 1.52. The number of aliphatic hydroxyl groups excluding tert-OH is 1. The molecule has 4 aromatic rings. The first-order valence-electron chi connectivity index (χ1n) is 17.4. The largest absolute Gasteiger partial charge is 0.416 e. The van der Waals surface area contributed by atoms with E-state index >= 15 is 0 Å². The molecule has 3 aromatic carbocycles. The minimum Gasteiger partial charge on any atom is -0.382 e. The zero-order valence-electron chi connectivity index (χ0n) is 29.8. The van der Waals surface area contributed by atoms with Crippen LogP contribution in [-0.2, 0) is 25.6 Å². The second-order valence-corrected chi connectivity index (χ2v) is 13.7. The van der Waals surface area contributed by atoms with Gasteiger partial charge in [-0.2, -0.15) is 13.2 Å². The van der Waals surface area contributed by atoms with Crippen LogP contribution in [0.5, 0.6) is 0 Å². The van der Waals surface area contributed by atoms with Gasteiger partial charge in [0.2, 0.25) is 17.7 Å². The Bertz CT molecular complexity index is 1890. The number of carbonyl (C=O) groups excluding carboxylic acids is 5. The number of aromatic nitrogens is 1. The lowest BCUT2D eigenvalue weighted by Crippen LogP contribution is -2.52. The van der Waals surface area contributed by atoms with Gasteiger partial charge < -0.3 is 26.5 Å². The number of benzene rings is 3. The summed E-state index contributed by atoms with van der Waals surface area (Å²) in [5, 5.41) is 15.6. The van der Waals surface area contributed by atoms with Gasteiger partial charge in [-0.3, -0.25) is 24.0 Å². The van der Waals surface area contributed by atoms with Crippen molar-refractivity contribution in [3.05, 3.63) is 96.2 Å². The fraction of sp³-hybridized carbons (Fsp3) is 0.375. The number of ketones is 2. The minimum atomic E-state index is -5.09. The summed E-state index contributed by atoms with van der Waals surface area (Å²) in [5.74, 6) is -5.53. The quantitative estimate of drug-likeness (QED) is 0.0824. The van der Waals surface area contributed by atoms with E-state index in [1.807, 2.05) is 66.7 Å². The molecular formula is C40H45F3N4O6. The Kier molecular flexibility index (Phi) is 13.7. The molecular weight excluding hydrogens is 689 g/mol. The molecule has 13 heteroatoms. The van der Waals surface area contributed by atoms with Crippen molar-refractivity contribution in [2.45, 2.75) is 77.2 Å². The molecule has 3 amide bonds. The van der Waals surface area contributed by atoms with Crippen molar-refractivity contribution < 1.29 is 42.3 Å². The van der Waals surface area contributed by atoms with Crippen molar-refractivity contribution in [1.29, 1.82) is 0 Å². The molecule has 0 spiro atoms. The Morgan fingerprint density at radius 1 is 0.811 bits per heavy atom. The molecule has 0 bridgehead atoms. The number of H-pyrrole nitrogens is 1. The average molecular weight is 735 g/mol. The van der Waals surface area contributed by atoms with E-state index in [-0.39, 0.29) is 24.5 Å². The average Bonchev–Trinajstić information content (AvgIpc) is 3.53. The van der Waals surface area contributed by atoms with E-state index in [1.54, 1.807) is 32.2 Å². The van der Waals surface area contributed by atoms with E-state index in [2.05, 4.69) is 15.6 Å². The van der Waals surface area contributed by atoms with E-state index in [0.717, 1.165) is 22.0 Å². The molecule has 282 valence electrons. The first-order valence-corrected chi connectivity index (χ1v) is 17.4. The molecule has 1 aromatic heterocycles. The summed E-state index contributed by atoms with van der Waals surface area (Å²) in [7, 11) is 0. The molecule has 6 N–H and O–H groups in total. The fourth-order valence-electron chi connectivity index (χ4n) is 6.17. The highest BCUT2D eigenvalue weighted by atomic mass is 19.4. The zero-order chi connectivity index (χ0) is 38.9. The van der Waals surface area contributed by atoms with Crippen molar-refractivity contribution in [1.82, 2.24) is 15.6 Å². The summed E-state index contributed by atoms with van der Waals surface area (Å²) in [5.41, 5.74) is 8.92. The SMILES string of the molecule is CC(C)[C@H](CC(=O)c1ccc(-c2ccccc2)cc1)C(=O)N[C@@H](Cc1c[nH]c2ccccc12)C(=O)C[C@@H](C)C(=O)NC(CCC(N)=O)C(O)C(F)(F)F. The van der Waals surface area contributed by atoms with Gasteiger partial charge in [0.1, 0.15) is 0 Å². The number of aliphatic hydroxyl groups is 1. The predicted molar refractivity (Wildman–Crippen MR) is 194 cm³/mol. The third-order valence-electron chi connectivity index (χ3n) is 9.37. The molecule has 0 fully saturated rings. The number of alkyl halides is 3. The number of para-hydroxylation sites is 1. The second kappa shape index (κ2) is 18.0. The molecule has 10 nitrogen and oxygen atoms in total. The van der Waals surface area contributed by atoms with Crippen LogP contribution in [0.15, 0.2) is 85.1 Å². The van der Waals surface area contributed by atoms with Crippen molar-refractivity contribution >= 4 is 40.2 Å². The number of primary amides is 1. The van der Waals surface area contributed by atoms with Gasteiger partial charge in [0.15, 0.2) is 17.7 Å². The lowest BCUT2D eigenvalue weighted by atomic mass is 9.87. The molecule has 0 radical (unpaired) electrons. The van der Waals surface area contributed by atoms with Gasteiger partial charge in [-0.1, -0.05) is 93.6 Å². The van der Waals surface area contributed by atoms with Gasteiger partial charge in [-0.25, -0.2) is 0 Å². The molecule has 1 heterocycles. The number of hydrogen-bond donors (Lipinski definition) is 5. The van der Waals surface area contributed by atoms with Crippen molar-refractivity contribution in [2.75, 3.05) is 0 Å². The Hall–Kier alpha value is -5.30. The highest BCUT2D eigenvalue weighted by Gasteiger charge is 2.44. The number of rotatable bonds is 18. The van der Waals surface area contributed by atoms with Gasteiger partial charge >= 0.3 is 6.18 Å². The lowest BCUT2D eigenvalue weighted by molar-refractivity contribution is -0.213. The standard InChI is InChI=1S/C40H45F3N4O6/c1-23(2)30(21-34(48)27-15-13-26(14-16-27)25-9-5-4-6-10-25)39(53)47-33(20-28-22-45-31-12-8-7-11-29(28)31)35(49)19-24(3)38(52)46-32(17-18-36(44)50)37(51)40(41,42)43/h4-16,22-24,30,32-33,37,45,51H,17-21H2,1-3H3,(H2,44,50)(H,46,52)(H,47,53)/t24-,30+,32?,33+,37?/m1/s1. The maximum Gasteiger partial charge on any atom is 0.416 e. The number of halogens is 3. The number of hydrogen-bond acceptors (Lipinski definition) is 6. The number of carbonyl (C=O) groups is 5. The zero-order valence-corrected chi connectivity index (χ0v) is 29.8. The van der Waals surface area contributed by atoms with Crippen LogP contribution in [0.3, 0.4) is 0 Å². The van der Waals surface area contributed by atoms with Crippen LogP contribution in [-0.4, -0.2) is 63.7 Å². The normalized spacial score (nSPS) is 14.6. The number of fused-ring (bicyclic) bond motifs is 1. The van der Waals surface area contributed by atoms with Gasteiger partial charge in [0, 0.05) is 60.2 Å². The summed E-state index contributed by atoms with van der Waals surface area (Å²) in [6, 6.07) is 21.1. The van der Waals surface area contributed by atoms with E-state index in [0.29, 0.717) is 11.1 Å². The molecule has 53 heavy (non-hydrogen) atoms. The molecule has 0 aliphatic heterocycles. The molecule has 0 saturated heterocycles. The number of Topliss-reactive ketones (excluding diaryl/α,β-unsaturated/α-hetero) is 2. The number of nitrogens with one attached hydrogen (secondary N) is 3. The van der Waals surface area contributed by atoms with Gasteiger partial charge in [0.05, 0.1) is 12.1 Å². The van der Waals surface area contributed by atoms with Crippen molar-refractivity contribution in [2.24, 2.45) is 23.5 Å². The van der Waals surface area contributed by atoms with Gasteiger partial charge in [-0.15, -0.1) is 0 Å². The first kappa shape index (κ1) is 40.5. The van der Waals surface area contributed by atoms with Crippen LogP contribution in [0.25, 0.3) is 22.0 Å². The third kappa shape index (κ3) is 11.1. The predicted octanol–water partition coefficient (Wildman–Crippen LogP) is 5.68. The lowest BCUT2D eigenvalue weighted by Gasteiger charge is -2.27. The maximum absolute atomic E-state index is 13.9. The van der Waals surface area contributed by atoms with Crippen LogP contribution < -0.4 is 16.4 Å². The summed E-state index contributed by atoms with van der Waals surface area (Å²) in [6.07, 6.45) is -8.04. The molecule has 0 aliphatic rings. The Labute approximate surface area is 305 Å².